The average Bonchev–Trinajstić information content (AvgIpc) is 1.64. The van der Waals surface area contributed by atoms with E-state index >= 15 is 0 Å². The molecule has 2 N–H and O–H groups in total. The zero-order valence-electron chi connectivity index (χ0n) is 57.4. The van der Waals surface area contributed by atoms with E-state index in [2.05, 4.69) is 41.7 Å². The molecule has 8 aromatic rings. The Morgan fingerprint density at radius 2 is 1.15 bits per heavy atom. The van der Waals surface area contributed by atoms with Gasteiger partial charge in [-0.15, -0.1) is 16.9 Å². The van der Waals surface area contributed by atoms with Crippen LogP contribution >= 0.6 is 43.2 Å². The molecule has 14 rings (SSSR count). The molecule has 17 nitrogen and oxygen atoms in total. The summed E-state index contributed by atoms with van der Waals surface area (Å²) in [6, 6.07) is 31.6. The van der Waals surface area contributed by atoms with Crippen LogP contribution in [0, 0.1) is 34.9 Å². The van der Waals surface area contributed by atoms with Crippen LogP contribution in [0.5, 0.6) is 34.5 Å². The first kappa shape index (κ1) is 85.1. The van der Waals surface area contributed by atoms with Crippen molar-refractivity contribution in [2.24, 2.45) is 7.05 Å². The van der Waals surface area contributed by atoms with Gasteiger partial charge in [0.2, 0.25) is 0 Å². The van der Waals surface area contributed by atoms with Crippen LogP contribution < -0.4 is 85.6 Å². The molecule has 6 aliphatic heterocycles. The van der Waals surface area contributed by atoms with Crippen molar-refractivity contribution in [3.05, 3.63) is 199 Å². The quantitative estimate of drug-likeness (QED) is 0.0655. The molecule has 0 bridgehead atoms. The number of ketones is 1. The van der Waals surface area contributed by atoms with E-state index < -0.39 is 47.3 Å². The predicted molar refractivity (Wildman–Crippen MR) is 372 cm³/mol. The summed E-state index contributed by atoms with van der Waals surface area (Å²) in [5.74, 6) is -2.24. The van der Waals surface area contributed by atoms with Gasteiger partial charge in [-0.2, -0.15) is 5.10 Å². The molecule has 0 aliphatic carbocycles. The molecular weight excluding hydrogens is 1500 g/mol. The third-order valence-electron chi connectivity index (χ3n) is 14.9. The number of carboxylic acids is 1. The van der Waals surface area contributed by atoms with Crippen molar-refractivity contribution in [3.8, 4) is 45.1 Å². The number of phenols is 1. The Labute approximate surface area is 647 Å². The van der Waals surface area contributed by atoms with E-state index in [0.717, 1.165) is 86.5 Å². The van der Waals surface area contributed by atoms with Crippen LogP contribution in [0.4, 0.5) is 26.3 Å². The predicted octanol–water partition coefficient (Wildman–Crippen LogP) is 12.3. The molecule has 8 heterocycles. The Balaban J connectivity index is 0.000000209. The first-order valence-corrected chi connectivity index (χ1v) is 34.2. The number of nitrogens with zero attached hydrogens (tertiary/aromatic N) is 2. The van der Waals surface area contributed by atoms with Crippen LogP contribution in [-0.2, 0) is 49.9 Å². The Morgan fingerprint density at radius 3 is 1.63 bits per heavy atom. The molecular formula is C73H78BBr2F6KN2O15S. The second-order valence-electron chi connectivity index (χ2n) is 24.4. The smallest absolute Gasteiger partial charge is 0.850 e. The molecule has 0 radical (unpaired) electrons. The van der Waals surface area contributed by atoms with E-state index in [1.807, 2.05) is 63.4 Å². The van der Waals surface area contributed by atoms with Gasteiger partial charge in [-0.25, -0.2) is 26.3 Å². The first-order chi connectivity index (χ1) is 47.4. The Hall–Kier alpha value is -6.57. The van der Waals surface area contributed by atoms with E-state index in [1.165, 1.54) is 60.7 Å². The monoisotopic (exact) mass is 1580 g/mol. The van der Waals surface area contributed by atoms with Gasteiger partial charge in [0.15, 0.2) is 81.5 Å². The van der Waals surface area contributed by atoms with Crippen LogP contribution in [0.25, 0.3) is 10.6 Å². The molecule has 101 heavy (non-hydrogen) atoms. The molecule has 0 spiro atoms. The number of thiophene rings is 1. The molecule has 2 saturated heterocycles. The van der Waals surface area contributed by atoms with Gasteiger partial charge in [0.25, 0.3) is 0 Å². The van der Waals surface area contributed by atoms with E-state index in [9.17, 15) is 50.6 Å². The van der Waals surface area contributed by atoms with Gasteiger partial charge in [-0.3, -0.25) is 23.9 Å². The number of carbonyl (C=O) groups is 4. The fourth-order valence-corrected chi connectivity index (χ4v) is 11.2. The van der Waals surface area contributed by atoms with Gasteiger partial charge in [0, 0.05) is 17.9 Å². The number of aldehydes is 1. The standard InChI is InChI=1S/C15H20BFO3.C9H8BrFO.C9H7BrN2OS.C9H9FO3.C9H7FO2.C9H9FO.C6H5FO.C4H9O.C3H4O2.K/c1-14(2)15(3,4)20-16(19-14)11-8-10-6-5-7-18-13(10)12(17)9-11;10-7-4-6-2-1-3-12-9(6)8(11)5-7;1-12-6(5-13)8(10)9(11-12)7-3-2-4-14-7;10-7-3-1-2-4-8(7)13-6-5-9(11)12;10-7-3-1-2-6-8(11)4-5-12-9(6)7;10-8-5-1-3-7-4-2-6-11-9(7)8;7-5-3-1-2-4-6(5)8;1-4(2,3)5;4-3-1-2-5-3;/h8-9H,5-7H2,1-4H3;4-5H,1-3H2;2-5H,1H3;1-4H,5-6H2,(H,11,12);1-3H,4-5H2;1,3,5H,2,4,6H2;1-4,8H;1-3H3;1-2H2;/q;;;;;;;-1;;+1. The molecule has 6 aromatic carbocycles. The number of hydrogen-bond acceptors (Lipinski definition) is 16. The van der Waals surface area contributed by atoms with E-state index in [0.29, 0.717) is 67.8 Å². The van der Waals surface area contributed by atoms with Crippen molar-refractivity contribution < 1.29 is 150 Å². The number of rotatable bonds is 7. The van der Waals surface area contributed by atoms with Gasteiger partial charge in [0.05, 0.1) is 72.0 Å². The minimum absolute atomic E-state index is 0. The van der Waals surface area contributed by atoms with E-state index in [1.54, 1.807) is 74.2 Å². The molecule has 28 heteroatoms. The number of para-hydroxylation sites is 4. The zero-order chi connectivity index (χ0) is 73.3. The summed E-state index contributed by atoms with van der Waals surface area (Å²) in [5.41, 5.74) is 3.76. The number of aryl methyl sites for hydroxylation is 4. The summed E-state index contributed by atoms with van der Waals surface area (Å²) < 4.78 is 123. The number of carboxylic acid groups (broad SMARTS) is 1. The Bertz CT molecular complexity index is 3980. The molecule has 0 amide bonds. The number of ether oxygens (including phenoxy) is 6. The number of carbonyl (C=O) groups excluding carboxylic acids is 3. The van der Waals surface area contributed by atoms with Gasteiger partial charge >= 0.3 is 70.4 Å². The van der Waals surface area contributed by atoms with E-state index in [4.69, 9.17) is 43.2 Å². The van der Waals surface area contributed by atoms with Gasteiger partial charge in [0.1, 0.15) is 18.0 Å². The molecule has 0 unspecified atom stereocenters. The number of phenolic OH excluding ortho intramolecular Hbond substituents is 1. The minimum Gasteiger partial charge on any atom is -0.850 e. The number of aromatic hydroxyl groups is 1. The number of aromatic nitrogens is 2. The Morgan fingerprint density at radius 1 is 0.653 bits per heavy atom. The summed E-state index contributed by atoms with van der Waals surface area (Å²) in [7, 11) is 1.23. The number of hydrogen-bond donors (Lipinski definition) is 2. The molecule has 6 aliphatic rings. The number of aliphatic carboxylic acids is 1. The fourth-order valence-electron chi connectivity index (χ4n) is 9.23. The fraction of sp³-hybridized carbons (Fsp3) is 0.356. The van der Waals surface area contributed by atoms with Crippen LogP contribution in [0.3, 0.4) is 0 Å². The zero-order valence-corrected chi connectivity index (χ0v) is 64.5. The SMILES string of the molecule is CC(C)(C)[O-].CC1(C)OB(c2cc(F)c3c(c2)CCCO3)OC1(C)C.Cn1nc(-c2cccs2)c(Br)c1C=O.Fc1cc(Br)cc2c1OCCC2.Fc1cccc2c1OCCC2.O=C(O)CCOc1ccccc1F.O=C1CCO1.O=C1CCOc2c(F)cccc21.Oc1ccccc1F.[K+]. The topological polar surface area (TPSA) is 223 Å². The third kappa shape index (κ3) is 26.9. The van der Waals surface area contributed by atoms with Crippen molar-refractivity contribution in [1.29, 1.82) is 0 Å². The van der Waals surface area contributed by atoms with Gasteiger partial charge < -0.3 is 53.0 Å². The average molecular weight is 1580 g/mol. The summed E-state index contributed by atoms with van der Waals surface area (Å²) in [4.78, 5) is 42.8. The first-order valence-electron chi connectivity index (χ1n) is 31.7. The molecule has 536 valence electrons. The molecule has 0 atom stereocenters. The number of Topliss-reactive ketones (excluding diaryl/α,β-unsaturated/α-hetero) is 1. The number of fused-ring (bicyclic) bond motifs is 4. The van der Waals surface area contributed by atoms with Gasteiger partial charge in [-0.1, -0.05) is 91.3 Å². The number of benzene rings is 6. The second kappa shape index (κ2) is 41.1. The van der Waals surface area contributed by atoms with Crippen molar-refractivity contribution in [1.82, 2.24) is 9.78 Å². The van der Waals surface area contributed by atoms with Crippen molar-refractivity contribution in [3.63, 3.8) is 0 Å². The number of cyclic esters (lactones) is 1. The van der Waals surface area contributed by atoms with Gasteiger partial charge in [-0.05, 0) is 176 Å². The van der Waals surface area contributed by atoms with Crippen molar-refractivity contribution in [2.75, 3.05) is 39.6 Å². The van der Waals surface area contributed by atoms with Crippen LogP contribution in [-0.4, -0.2) is 108 Å². The molecule has 2 aromatic heterocycles. The van der Waals surface area contributed by atoms with E-state index in [-0.39, 0.29) is 117 Å². The number of halogens is 8. The normalized spacial score (nSPS) is 14.9. The Kier molecular flexibility index (Phi) is 34.6. The summed E-state index contributed by atoms with van der Waals surface area (Å²) in [6.45, 7) is 15.6. The van der Waals surface area contributed by atoms with Crippen LogP contribution in [0.2, 0.25) is 0 Å². The second-order valence-corrected chi connectivity index (χ2v) is 27.1. The van der Waals surface area contributed by atoms with Crippen molar-refractivity contribution >= 4 is 79.8 Å². The summed E-state index contributed by atoms with van der Waals surface area (Å²) in [5, 5.41) is 33.2. The van der Waals surface area contributed by atoms with Crippen LogP contribution in [0.15, 0.2) is 136 Å². The summed E-state index contributed by atoms with van der Waals surface area (Å²) >= 11 is 8.22. The molecule has 2 fully saturated rings. The minimum atomic E-state index is -0.962. The van der Waals surface area contributed by atoms with Crippen LogP contribution in [0.1, 0.15) is 125 Å². The third-order valence-corrected chi connectivity index (χ3v) is 17.0. The summed E-state index contributed by atoms with van der Waals surface area (Å²) in [6.07, 6.45) is 7.20. The maximum Gasteiger partial charge on any atom is 1.00 e. The number of esters is 1. The molecule has 0 saturated carbocycles. The van der Waals surface area contributed by atoms with Crippen molar-refractivity contribution in [2.45, 2.75) is 123 Å². The largest absolute Gasteiger partial charge is 1.00 e. The maximum atomic E-state index is 14.1. The maximum absolute atomic E-state index is 14.1.